The number of rotatable bonds is 3. The number of ether oxygens (including phenoxy) is 1. The Hall–Kier alpha value is -1.53. The van der Waals surface area contributed by atoms with E-state index in [4.69, 9.17) is 4.74 Å². The summed E-state index contributed by atoms with van der Waals surface area (Å²) in [6.07, 6.45) is 2.30. The number of aryl methyl sites for hydroxylation is 1. The summed E-state index contributed by atoms with van der Waals surface area (Å²) in [7, 11) is 1.68. The lowest BCUT2D eigenvalue weighted by molar-refractivity contribution is 0.354. The quantitative estimate of drug-likeness (QED) is 0.889. The lowest BCUT2D eigenvalue weighted by Crippen LogP contribution is -2.32. The molecule has 3 heteroatoms. The van der Waals surface area contributed by atoms with Gasteiger partial charge in [0.25, 0.3) is 0 Å². The molecule has 2 atom stereocenters. The predicted molar refractivity (Wildman–Crippen MR) is 71.7 cm³/mol. The number of piperidine rings is 1. The molecule has 96 valence electrons. The molecule has 2 rings (SSSR count). The lowest BCUT2D eigenvalue weighted by atomic mass is 9.82. The van der Waals surface area contributed by atoms with Gasteiger partial charge in [-0.05, 0) is 56.0 Å². The molecule has 1 saturated heterocycles. The largest absolute Gasteiger partial charge is 0.496 e. The van der Waals surface area contributed by atoms with Gasteiger partial charge in [0.05, 0.1) is 19.1 Å². The van der Waals surface area contributed by atoms with E-state index in [9.17, 15) is 5.26 Å². The number of benzene rings is 1. The van der Waals surface area contributed by atoms with Gasteiger partial charge in [-0.15, -0.1) is 0 Å². The summed E-state index contributed by atoms with van der Waals surface area (Å²) >= 11 is 0. The van der Waals surface area contributed by atoms with Crippen molar-refractivity contribution in [2.75, 3.05) is 20.2 Å². The van der Waals surface area contributed by atoms with Crippen LogP contribution >= 0.6 is 0 Å². The fourth-order valence-electron chi connectivity index (χ4n) is 2.71. The number of hydrogen-bond acceptors (Lipinski definition) is 3. The third-order valence-electron chi connectivity index (χ3n) is 3.72. The lowest BCUT2D eigenvalue weighted by Gasteiger charge is -2.27. The molecule has 0 aliphatic carbocycles. The fourth-order valence-corrected chi connectivity index (χ4v) is 2.71. The van der Waals surface area contributed by atoms with E-state index < -0.39 is 0 Å². The predicted octanol–water partition coefficient (Wildman–Crippen LogP) is 2.61. The maximum Gasteiger partial charge on any atom is 0.121 e. The average molecular weight is 244 g/mol. The van der Waals surface area contributed by atoms with Crippen molar-refractivity contribution in [1.82, 2.24) is 5.32 Å². The smallest absolute Gasteiger partial charge is 0.121 e. The summed E-state index contributed by atoms with van der Waals surface area (Å²) in [6.45, 7) is 4.05. The minimum Gasteiger partial charge on any atom is -0.496 e. The van der Waals surface area contributed by atoms with E-state index >= 15 is 0 Å². The zero-order chi connectivity index (χ0) is 13.0. The number of hydrogen-bond donors (Lipinski definition) is 1. The van der Waals surface area contributed by atoms with Crippen molar-refractivity contribution in [3.8, 4) is 11.8 Å². The van der Waals surface area contributed by atoms with Gasteiger partial charge in [0.2, 0.25) is 0 Å². The summed E-state index contributed by atoms with van der Waals surface area (Å²) in [6, 6.07) is 8.54. The summed E-state index contributed by atoms with van der Waals surface area (Å²) in [5, 5.41) is 12.8. The first-order valence-electron chi connectivity index (χ1n) is 6.51. The Balaban J connectivity index is 2.22. The zero-order valence-corrected chi connectivity index (χ0v) is 11.1. The summed E-state index contributed by atoms with van der Waals surface area (Å²) in [5.74, 6) is 1.30. The Morgan fingerprint density at radius 1 is 1.50 bits per heavy atom. The van der Waals surface area contributed by atoms with E-state index in [1.807, 2.05) is 19.1 Å². The van der Waals surface area contributed by atoms with Crippen molar-refractivity contribution in [3.63, 3.8) is 0 Å². The van der Waals surface area contributed by atoms with E-state index in [0.717, 1.165) is 42.8 Å². The van der Waals surface area contributed by atoms with E-state index in [-0.39, 0.29) is 5.92 Å². The molecule has 1 aromatic rings. The highest BCUT2D eigenvalue weighted by molar-refractivity contribution is 5.39. The second-order valence-corrected chi connectivity index (χ2v) is 4.94. The van der Waals surface area contributed by atoms with Crippen molar-refractivity contribution in [3.05, 3.63) is 29.3 Å². The van der Waals surface area contributed by atoms with Crippen molar-refractivity contribution in [2.45, 2.75) is 25.7 Å². The molecule has 0 bridgehead atoms. The molecule has 0 amide bonds. The van der Waals surface area contributed by atoms with Gasteiger partial charge in [0, 0.05) is 0 Å². The highest BCUT2D eigenvalue weighted by atomic mass is 16.5. The van der Waals surface area contributed by atoms with Crippen LogP contribution < -0.4 is 10.1 Å². The number of nitrogens with zero attached hydrogens (tertiary/aromatic N) is 1. The maximum atomic E-state index is 9.44. The maximum absolute atomic E-state index is 9.44. The Kier molecular flexibility index (Phi) is 4.22. The Morgan fingerprint density at radius 3 is 2.89 bits per heavy atom. The van der Waals surface area contributed by atoms with Gasteiger partial charge in [0.15, 0.2) is 0 Å². The Morgan fingerprint density at radius 2 is 2.33 bits per heavy atom. The Bertz CT molecular complexity index is 444. The second-order valence-electron chi connectivity index (χ2n) is 4.94. The van der Waals surface area contributed by atoms with Crippen LogP contribution in [0.3, 0.4) is 0 Å². The molecule has 0 aromatic heterocycles. The molecule has 1 N–H and O–H groups in total. The minimum atomic E-state index is -0.0117. The molecule has 0 saturated carbocycles. The van der Waals surface area contributed by atoms with Gasteiger partial charge in [-0.3, -0.25) is 0 Å². The SMILES string of the molecule is COc1ccc(C(C#N)C2CCCNC2)cc1C. The first kappa shape index (κ1) is 12.9. The number of methoxy groups -OCH3 is 1. The average Bonchev–Trinajstić information content (AvgIpc) is 2.41. The normalized spacial score (nSPS) is 21.1. The molecule has 1 aliphatic heterocycles. The summed E-state index contributed by atoms with van der Waals surface area (Å²) in [5.41, 5.74) is 2.21. The van der Waals surface area contributed by atoms with E-state index in [2.05, 4.69) is 17.5 Å². The second kappa shape index (κ2) is 5.88. The van der Waals surface area contributed by atoms with Crippen LogP contribution in [0.2, 0.25) is 0 Å². The van der Waals surface area contributed by atoms with E-state index in [1.54, 1.807) is 7.11 Å². The van der Waals surface area contributed by atoms with Crippen molar-refractivity contribution >= 4 is 0 Å². The van der Waals surface area contributed by atoms with Gasteiger partial charge >= 0.3 is 0 Å². The van der Waals surface area contributed by atoms with Crippen LogP contribution in [-0.4, -0.2) is 20.2 Å². The molecule has 1 fully saturated rings. The van der Waals surface area contributed by atoms with Crippen LogP contribution in [0.4, 0.5) is 0 Å². The van der Waals surface area contributed by atoms with Crippen molar-refractivity contribution in [2.24, 2.45) is 5.92 Å². The van der Waals surface area contributed by atoms with Crippen molar-refractivity contribution < 1.29 is 4.74 Å². The molecule has 18 heavy (non-hydrogen) atoms. The first-order valence-corrected chi connectivity index (χ1v) is 6.51. The molecule has 2 unspecified atom stereocenters. The minimum absolute atomic E-state index is 0.0117. The topological polar surface area (TPSA) is 45.0 Å². The van der Waals surface area contributed by atoms with Crippen LogP contribution in [0.1, 0.15) is 29.9 Å². The third-order valence-corrected chi connectivity index (χ3v) is 3.72. The van der Waals surface area contributed by atoms with Crippen molar-refractivity contribution in [1.29, 1.82) is 5.26 Å². The van der Waals surface area contributed by atoms with Gasteiger partial charge in [-0.25, -0.2) is 0 Å². The van der Waals surface area contributed by atoms with Crippen LogP contribution in [0.15, 0.2) is 18.2 Å². The van der Waals surface area contributed by atoms with Crippen LogP contribution in [0, 0.1) is 24.2 Å². The van der Waals surface area contributed by atoms with Gasteiger partial charge in [-0.1, -0.05) is 12.1 Å². The Labute approximate surface area is 109 Å². The highest BCUT2D eigenvalue weighted by Crippen LogP contribution is 2.31. The number of nitriles is 1. The zero-order valence-electron chi connectivity index (χ0n) is 11.1. The summed E-state index contributed by atoms with van der Waals surface area (Å²) < 4.78 is 5.26. The molecular weight excluding hydrogens is 224 g/mol. The molecular formula is C15H20N2O. The molecule has 3 nitrogen and oxygen atoms in total. The molecule has 1 aromatic carbocycles. The van der Waals surface area contributed by atoms with Crippen LogP contribution in [0.25, 0.3) is 0 Å². The molecule has 1 heterocycles. The fraction of sp³-hybridized carbons (Fsp3) is 0.533. The molecule has 1 aliphatic rings. The van der Waals surface area contributed by atoms with E-state index in [0.29, 0.717) is 5.92 Å². The summed E-state index contributed by atoms with van der Waals surface area (Å²) in [4.78, 5) is 0. The molecule has 0 radical (unpaired) electrons. The highest BCUT2D eigenvalue weighted by Gasteiger charge is 2.25. The standard InChI is InChI=1S/C15H20N2O/c1-11-8-12(5-6-15(11)18-2)14(9-16)13-4-3-7-17-10-13/h5-6,8,13-14,17H,3-4,7,10H2,1-2H3. The van der Waals surface area contributed by atoms with Crippen LogP contribution in [0.5, 0.6) is 5.75 Å². The number of nitrogens with one attached hydrogen (secondary N) is 1. The third kappa shape index (κ3) is 2.65. The monoisotopic (exact) mass is 244 g/mol. The first-order chi connectivity index (χ1) is 8.76. The van der Waals surface area contributed by atoms with Gasteiger partial charge in [0.1, 0.15) is 5.75 Å². The van der Waals surface area contributed by atoms with Crippen LogP contribution in [-0.2, 0) is 0 Å². The molecule has 0 spiro atoms. The van der Waals surface area contributed by atoms with Gasteiger partial charge in [-0.2, -0.15) is 5.26 Å². The van der Waals surface area contributed by atoms with E-state index in [1.165, 1.54) is 0 Å². The van der Waals surface area contributed by atoms with Gasteiger partial charge < -0.3 is 10.1 Å².